The number of benzene rings is 1. The van der Waals surface area contributed by atoms with Crippen LogP contribution >= 0.6 is 0 Å². The first-order valence-electron chi connectivity index (χ1n) is 9.98. The molecular formula is C21H27FN6O. The van der Waals surface area contributed by atoms with Gasteiger partial charge >= 0.3 is 0 Å². The number of aromatic amines is 1. The van der Waals surface area contributed by atoms with Gasteiger partial charge in [-0.1, -0.05) is 5.16 Å². The lowest BCUT2D eigenvalue weighted by molar-refractivity contribution is 0.169. The highest BCUT2D eigenvalue weighted by atomic mass is 19.1. The van der Waals surface area contributed by atoms with Crippen molar-refractivity contribution in [1.82, 2.24) is 25.3 Å². The summed E-state index contributed by atoms with van der Waals surface area (Å²) in [6.07, 6.45) is 2.76. The van der Waals surface area contributed by atoms with Gasteiger partial charge in [-0.05, 0) is 37.1 Å². The van der Waals surface area contributed by atoms with Crippen LogP contribution in [-0.4, -0.2) is 65.7 Å². The summed E-state index contributed by atoms with van der Waals surface area (Å²) in [6.45, 7) is 7.20. The molecular weight excluding hydrogens is 371 g/mol. The molecule has 0 bridgehead atoms. The SMILES string of the molecule is CN=C(NCCc1c[nH]c2ccc(F)cc12)N1CCN(Cc2cc(C)on2)CC1. The molecule has 154 valence electrons. The van der Waals surface area contributed by atoms with E-state index in [-0.39, 0.29) is 5.82 Å². The van der Waals surface area contributed by atoms with Gasteiger partial charge in [-0.15, -0.1) is 0 Å². The average molecular weight is 398 g/mol. The summed E-state index contributed by atoms with van der Waals surface area (Å²) in [5.41, 5.74) is 3.05. The number of hydrogen-bond acceptors (Lipinski definition) is 4. The van der Waals surface area contributed by atoms with Crippen molar-refractivity contribution in [3.05, 3.63) is 53.3 Å². The minimum absolute atomic E-state index is 0.208. The van der Waals surface area contributed by atoms with Crippen molar-refractivity contribution in [3.8, 4) is 0 Å². The topological polar surface area (TPSA) is 72.7 Å². The van der Waals surface area contributed by atoms with Gasteiger partial charge in [0.25, 0.3) is 0 Å². The lowest BCUT2D eigenvalue weighted by atomic mass is 10.1. The van der Waals surface area contributed by atoms with Gasteiger partial charge in [-0.3, -0.25) is 9.89 Å². The van der Waals surface area contributed by atoms with Crippen molar-refractivity contribution in [1.29, 1.82) is 0 Å². The second kappa shape index (κ2) is 8.65. The largest absolute Gasteiger partial charge is 0.361 e. The Bertz CT molecular complexity index is 986. The zero-order valence-corrected chi connectivity index (χ0v) is 16.9. The Morgan fingerprint density at radius 1 is 1.28 bits per heavy atom. The molecule has 0 aliphatic carbocycles. The van der Waals surface area contributed by atoms with E-state index in [2.05, 4.69) is 30.2 Å². The van der Waals surface area contributed by atoms with Gasteiger partial charge in [0.1, 0.15) is 11.6 Å². The Labute approximate surface area is 169 Å². The first-order chi connectivity index (χ1) is 14.1. The second-order valence-corrected chi connectivity index (χ2v) is 7.42. The number of aromatic nitrogens is 2. The molecule has 3 heterocycles. The van der Waals surface area contributed by atoms with E-state index in [9.17, 15) is 4.39 Å². The molecule has 2 aromatic heterocycles. The first kappa shape index (κ1) is 19.4. The highest BCUT2D eigenvalue weighted by Gasteiger charge is 2.20. The number of H-pyrrole nitrogens is 1. The minimum atomic E-state index is -0.208. The number of nitrogens with one attached hydrogen (secondary N) is 2. The van der Waals surface area contributed by atoms with Crippen molar-refractivity contribution in [2.75, 3.05) is 39.8 Å². The van der Waals surface area contributed by atoms with Crippen molar-refractivity contribution >= 4 is 16.9 Å². The fourth-order valence-electron chi connectivity index (χ4n) is 3.84. The van der Waals surface area contributed by atoms with Crippen LogP contribution in [0, 0.1) is 12.7 Å². The predicted molar refractivity (Wildman–Crippen MR) is 111 cm³/mol. The third-order valence-electron chi connectivity index (χ3n) is 5.35. The van der Waals surface area contributed by atoms with Crippen LogP contribution in [0.25, 0.3) is 10.9 Å². The maximum absolute atomic E-state index is 13.5. The molecule has 0 amide bonds. The van der Waals surface area contributed by atoms with Crippen LogP contribution in [0.15, 0.2) is 40.0 Å². The Hall–Kier alpha value is -2.87. The number of fused-ring (bicyclic) bond motifs is 1. The normalized spacial score (nSPS) is 16.0. The van der Waals surface area contributed by atoms with Crippen LogP contribution in [0.2, 0.25) is 0 Å². The third kappa shape index (κ3) is 4.59. The number of guanidine groups is 1. The average Bonchev–Trinajstić information content (AvgIpc) is 3.32. The molecule has 0 saturated carbocycles. The number of hydrogen-bond donors (Lipinski definition) is 2. The van der Waals surface area contributed by atoms with Gasteiger partial charge in [0, 0.05) is 69.5 Å². The molecule has 8 heteroatoms. The van der Waals surface area contributed by atoms with Gasteiger partial charge in [0.2, 0.25) is 0 Å². The Morgan fingerprint density at radius 3 is 2.83 bits per heavy atom. The number of nitrogens with zero attached hydrogens (tertiary/aromatic N) is 4. The van der Waals surface area contributed by atoms with E-state index in [0.29, 0.717) is 0 Å². The molecule has 1 aliphatic rings. The molecule has 0 spiro atoms. The van der Waals surface area contributed by atoms with E-state index >= 15 is 0 Å². The van der Waals surface area contributed by atoms with E-state index in [1.54, 1.807) is 12.1 Å². The van der Waals surface area contributed by atoms with Crippen molar-refractivity contribution in [2.45, 2.75) is 19.9 Å². The van der Waals surface area contributed by atoms with Crippen LogP contribution in [0.3, 0.4) is 0 Å². The molecule has 1 fully saturated rings. The van der Waals surface area contributed by atoms with Crippen LogP contribution in [0.4, 0.5) is 4.39 Å². The maximum atomic E-state index is 13.5. The molecule has 7 nitrogen and oxygen atoms in total. The standard InChI is InChI=1S/C21H27FN6O/c1-15-11-18(26-29-15)14-27-7-9-28(10-8-27)21(23-2)24-6-5-16-13-25-20-4-3-17(22)12-19(16)20/h3-4,11-13,25H,5-10,14H2,1-2H3,(H,23,24). The van der Waals surface area contributed by atoms with Crippen molar-refractivity contribution in [3.63, 3.8) is 0 Å². The second-order valence-electron chi connectivity index (χ2n) is 7.42. The highest BCUT2D eigenvalue weighted by Crippen LogP contribution is 2.19. The Kier molecular flexibility index (Phi) is 5.80. The number of rotatable bonds is 5. The van der Waals surface area contributed by atoms with Gasteiger partial charge in [0.05, 0.1) is 5.69 Å². The number of piperazine rings is 1. The molecule has 1 saturated heterocycles. The van der Waals surface area contributed by atoms with Crippen LogP contribution in [0.5, 0.6) is 0 Å². The van der Waals surface area contributed by atoms with Crippen molar-refractivity contribution < 1.29 is 8.91 Å². The van der Waals surface area contributed by atoms with E-state index < -0.39 is 0 Å². The maximum Gasteiger partial charge on any atom is 0.193 e. The summed E-state index contributed by atoms with van der Waals surface area (Å²) < 4.78 is 18.7. The summed E-state index contributed by atoms with van der Waals surface area (Å²) >= 11 is 0. The minimum Gasteiger partial charge on any atom is -0.361 e. The van der Waals surface area contributed by atoms with E-state index in [1.165, 1.54) is 6.07 Å². The molecule has 0 unspecified atom stereocenters. The molecule has 0 atom stereocenters. The zero-order chi connectivity index (χ0) is 20.2. The third-order valence-corrected chi connectivity index (χ3v) is 5.35. The van der Waals surface area contributed by atoms with Gasteiger partial charge in [0.15, 0.2) is 5.96 Å². The molecule has 1 aromatic carbocycles. The molecule has 3 aromatic rings. The Balaban J connectivity index is 1.27. The quantitative estimate of drug-likeness (QED) is 0.510. The molecule has 1 aliphatic heterocycles. The first-order valence-corrected chi connectivity index (χ1v) is 9.98. The van der Waals surface area contributed by atoms with Gasteiger partial charge in [-0.2, -0.15) is 0 Å². The van der Waals surface area contributed by atoms with E-state index in [4.69, 9.17) is 4.52 Å². The van der Waals surface area contributed by atoms with E-state index in [1.807, 2.05) is 26.2 Å². The summed E-state index contributed by atoms with van der Waals surface area (Å²) in [5, 5.41) is 8.47. The Morgan fingerprint density at radius 2 is 2.10 bits per heavy atom. The van der Waals surface area contributed by atoms with Gasteiger partial charge < -0.3 is 19.7 Å². The number of halogens is 1. The summed E-state index contributed by atoms with van der Waals surface area (Å²) in [4.78, 5) is 12.3. The van der Waals surface area contributed by atoms with Crippen LogP contribution in [-0.2, 0) is 13.0 Å². The molecule has 4 rings (SSSR count). The summed E-state index contributed by atoms with van der Waals surface area (Å²) in [5.74, 6) is 1.55. The summed E-state index contributed by atoms with van der Waals surface area (Å²) in [7, 11) is 1.81. The fraction of sp³-hybridized carbons (Fsp3) is 0.429. The zero-order valence-electron chi connectivity index (χ0n) is 16.9. The fourth-order valence-corrected chi connectivity index (χ4v) is 3.84. The predicted octanol–water partition coefficient (Wildman–Crippen LogP) is 2.54. The summed E-state index contributed by atoms with van der Waals surface area (Å²) in [6, 6.07) is 6.83. The smallest absolute Gasteiger partial charge is 0.193 e. The molecule has 2 N–H and O–H groups in total. The highest BCUT2D eigenvalue weighted by molar-refractivity contribution is 5.83. The lowest BCUT2D eigenvalue weighted by Crippen LogP contribution is -2.52. The van der Waals surface area contributed by atoms with Gasteiger partial charge in [-0.25, -0.2) is 4.39 Å². The molecule has 0 radical (unpaired) electrons. The lowest BCUT2D eigenvalue weighted by Gasteiger charge is -2.36. The van der Waals surface area contributed by atoms with Crippen LogP contribution < -0.4 is 5.32 Å². The van der Waals surface area contributed by atoms with Crippen molar-refractivity contribution in [2.24, 2.45) is 4.99 Å². The number of aryl methyl sites for hydroxylation is 1. The number of aliphatic imine (C=N–C) groups is 1. The molecule has 29 heavy (non-hydrogen) atoms. The monoisotopic (exact) mass is 398 g/mol. The van der Waals surface area contributed by atoms with E-state index in [0.717, 1.165) is 79.6 Å². The van der Waals surface area contributed by atoms with Crippen LogP contribution in [0.1, 0.15) is 17.0 Å².